The number of nitro groups is 1. The first-order valence-corrected chi connectivity index (χ1v) is 12.4. The van der Waals surface area contributed by atoms with E-state index in [0.29, 0.717) is 44.1 Å². The van der Waals surface area contributed by atoms with Crippen LogP contribution in [-0.4, -0.2) is 34.4 Å². The number of anilines is 2. The number of benzene rings is 1. The van der Waals surface area contributed by atoms with Crippen LogP contribution in [-0.2, 0) is 16.1 Å². The summed E-state index contributed by atoms with van der Waals surface area (Å²) in [5, 5.41) is 12.1. The third kappa shape index (κ3) is 3.47. The summed E-state index contributed by atoms with van der Waals surface area (Å²) in [6.45, 7) is 3.88. The van der Waals surface area contributed by atoms with Gasteiger partial charge in [0, 0.05) is 43.4 Å². The first-order valence-electron chi connectivity index (χ1n) is 12.4. The fourth-order valence-electron chi connectivity index (χ4n) is 6.80. The molecule has 6 rings (SSSR count). The molecular formula is C26H28N4O5. The Hall–Kier alpha value is -3.49. The predicted molar refractivity (Wildman–Crippen MR) is 129 cm³/mol. The molecule has 5 atom stereocenters. The predicted octanol–water partition coefficient (Wildman–Crippen LogP) is 3.31. The highest BCUT2D eigenvalue weighted by molar-refractivity contribution is 6.22. The van der Waals surface area contributed by atoms with E-state index in [1.165, 1.54) is 11.0 Å². The molecule has 35 heavy (non-hydrogen) atoms. The van der Waals surface area contributed by atoms with Crippen molar-refractivity contribution in [1.82, 2.24) is 4.57 Å². The molecule has 1 aliphatic carbocycles. The van der Waals surface area contributed by atoms with Crippen molar-refractivity contribution in [3.63, 3.8) is 0 Å². The van der Waals surface area contributed by atoms with Gasteiger partial charge in [0.1, 0.15) is 5.69 Å². The van der Waals surface area contributed by atoms with E-state index in [0.717, 1.165) is 18.5 Å². The zero-order valence-corrected chi connectivity index (χ0v) is 19.6. The van der Waals surface area contributed by atoms with Crippen molar-refractivity contribution < 1.29 is 14.5 Å². The SMILES string of the molecule is C[C@@H]1CC[C@H]2C(=O)N(c3ccc(N4C[C@H]5C[C@@H](C4)c4cccc(=O)n4C5)c([N+](=O)[O-])c3)C(=O)[C@@H]2C1. The van der Waals surface area contributed by atoms with Crippen molar-refractivity contribution >= 4 is 28.9 Å². The van der Waals surface area contributed by atoms with Crippen LogP contribution in [0.15, 0.2) is 41.2 Å². The van der Waals surface area contributed by atoms with Gasteiger partial charge in [0.15, 0.2) is 0 Å². The lowest BCUT2D eigenvalue weighted by Gasteiger charge is -2.43. The van der Waals surface area contributed by atoms with Crippen molar-refractivity contribution in [2.45, 2.75) is 45.1 Å². The van der Waals surface area contributed by atoms with E-state index in [4.69, 9.17) is 0 Å². The third-order valence-corrected chi connectivity index (χ3v) is 8.42. The van der Waals surface area contributed by atoms with Gasteiger partial charge in [-0.05, 0) is 55.7 Å². The van der Waals surface area contributed by atoms with E-state index >= 15 is 0 Å². The summed E-state index contributed by atoms with van der Waals surface area (Å²) in [5.41, 5.74) is 1.65. The average molecular weight is 477 g/mol. The zero-order valence-electron chi connectivity index (χ0n) is 19.6. The molecule has 0 radical (unpaired) electrons. The molecule has 0 spiro atoms. The Labute approximate surface area is 202 Å². The molecule has 1 aromatic carbocycles. The van der Waals surface area contributed by atoms with E-state index in [9.17, 15) is 24.5 Å². The molecule has 9 heteroatoms. The second-order valence-electron chi connectivity index (χ2n) is 10.7. The Morgan fingerprint density at radius 3 is 2.54 bits per heavy atom. The highest BCUT2D eigenvalue weighted by atomic mass is 16.6. The van der Waals surface area contributed by atoms with Crippen LogP contribution in [0.1, 0.15) is 44.2 Å². The largest absolute Gasteiger partial charge is 0.365 e. The number of piperidine rings is 1. The minimum Gasteiger partial charge on any atom is -0.365 e. The zero-order chi connectivity index (χ0) is 24.4. The molecule has 2 aromatic rings. The molecule has 1 saturated carbocycles. The fourth-order valence-corrected chi connectivity index (χ4v) is 6.80. The number of rotatable bonds is 3. The lowest BCUT2D eigenvalue weighted by Crippen LogP contribution is -2.47. The fraction of sp³-hybridized carbons (Fsp3) is 0.500. The number of nitro benzene ring substituents is 1. The molecule has 4 heterocycles. The number of aromatic nitrogens is 1. The minimum atomic E-state index is -0.429. The number of nitrogens with zero attached hydrogens (tertiary/aromatic N) is 4. The second-order valence-corrected chi connectivity index (χ2v) is 10.7. The second kappa shape index (κ2) is 8.03. The quantitative estimate of drug-likeness (QED) is 0.382. The summed E-state index contributed by atoms with van der Waals surface area (Å²) in [6, 6.07) is 10.0. The molecule has 3 fully saturated rings. The maximum atomic E-state index is 13.1. The van der Waals surface area contributed by atoms with Gasteiger partial charge in [-0.15, -0.1) is 0 Å². The first-order chi connectivity index (χ1) is 16.8. The van der Waals surface area contributed by atoms with Crippen LogP contribution in [0.3, 0.4) is 0 Å². The number of hydrogen-bond acceptors (Lipinski definition) is 6. The van der Waals surface area contributed by atoms with Crippen molar-refractivity contribution in [1.29, 1.82) is 0 Å². The number of hydrogen-bond donors (Lipinski definition) is 0. The highest BCUT2D eigenvalue weighted by Gasteiger charge is 2.50. The molecule has 4 aliphatic rings. The van der Waals surface area contributed by atoms with Gasteiger partial charge in [-0.3, -0.25) is 24.5 Å². The molecule has 182 valence electrons. The molecule has 0 N–H and O–H groups in total. The van der Waals surface area contributed by atoms with E-state index < -0.39 is 4.92 Å². The standard InChI is InChI=1S/C26H28N4O5/c1-15-5-7-19-20(9-15)26(33)29(25(19)32)18-6-8-22(23(11-18)30(34)35)27-12-16-10-17(14-27)21-3-2-4-24(31)28(21)13-16/h2-4,6,8,11,15-17,19-20H,5,7,9-10,12-14H2,1H3/t15-,16-,17+,19-,20-/m1/s1. The molecule has 1 aromatic heterocycles. The summed E-state index contributed by atoms with van der Waals surface area (Å²) in [7, 11) is 0. The highest BCUT2D eigenvalue weighted by Crippen LogP contribution is 2.45. The summed E-state index contributed by atoms with van der Waals surface area (Å²) < 4.78 is 1.83. The Bertz CT molecular complexity index is 1300. The lowest BCUT2D eigenvalue weighted by atomic mass is 9.76. The van der Waals surface area contributed by atoms with Crippen LogP contribution in [0.2, 0.25) is 0 Å². The van der Waals surface area contributed by atoms with E-state index in [2.05, 4.69) is 6.92 Å². The summed E-state index contributed by atoms with van der Waals surface area (Å²) in [4.78, 5) is 53.5. The van der Waals surface area contributed by atoms with Crippen molar-refractivity contribution in [2.75, 3.05) is 22.9 Å². The molecule has 2 bridgehead atoms. The van der Waals surface area contributed by atoms with Crippen LogP contribution in [0, 0.1) is 33.8 Å². The van der Waals surface area contributed by atoms with Crippen LogP contribution in [0.5, 0.6) is 0 Å². The third-order valence-electron chi connectivity index (χ3n) is 8.42. The van der Waals surface area contributed by atoms with Gasteiger partial charge in [-0.1, -0.05) is 13.0 Å². The number of imide groups is 1. The number of carbonyl (C=O) groups is 2. The smallest absolute Gasteiger partial charge is 0.294 e. The number of fused-ring (bicyclic) bond motifs is 5. The maximum absolute atomic E-state index is 13.1. The first kappa shape index (κ1) is 22.0. The molecule has 9 nitrogen and oxygen atoms in total. The summed E-state index contributed by atoms with van der Waals surface area (Å²) >= 11 is 0. The average Bonchev–Trinajstić information content (AvgIpc) is 3.08. The Morgan fingerprint density at radius 2 is 1.74 bits per heavy atom. The van der Waals surface area contributed by atoms with Gasteiger partial charge in [0.25, 0.3) is 11.2 Å². The van der Waals surface area contributed by atoms with E-state index in [1.54, 1.807) is 24.3 Å². The van der Waals surface area contributed by atoms with E-state index in [1.807, 2.05) is 15.5 Å². The molecule has 2 saturated heterocycles. The Balaban J connectivity index is 1.32. The molecule has 0 unspecified atom stereocenters. The van der Waals surface area contributed by atoms with E-state index in [-0.39, 0.29) is 52.4 Å². The van der Waals surface area contributed by atoms with Crippen LogP contribution >= 0.6 is 0 Å². The summed E-state index contributed by atoms with van der Waals surface area (Å²) in [6.07, 6.45) is 3.24. The van der Waals surface area contributed by atoms with Crippen molar-refractivity contribution in [2.24, 2.45) is 23.7 Å². The number of amides is 2. The van der Waals surface area contributed by atoms with Crippen LogP contribution in [0.25, 0.3) is 0 Å². The Kier molecular flexibility index (Phi) is 5.05. The van der Waals surface area contributed by atoms with Crippen molar-refractivity contribution in [3.05, 3.63) is 62.6 Å². The monoisotopic (exact) mass is 476 g/mol. The molecule has 2 amide bonds. The van der Waals surface area contributed by atoms with Crippen LogP contribution in [0.4, 0.5) is 17.1 Å². The molecule has 3 aliphatic heterocycles. The minimum absolute atomic E-state index is 0.00380. The Morgan fingerprint density at radius 1 is 0.943 bits per heavy atom. The lowest BCUT2D eigenvalue weighted by molar-refractivity contribution is -0.384. The van der Waals surface area contributed by atoms with Gasteiger partial charge in [-0.25, -0.2) is 4.90 Å². The van der Waals surface area contributed by atoms with Gasteiger partial charge in [0.2, 0.25) is 11.8 Å². The normalized spacial score (nSPS) is 29.7. The van der Waals surface area contributed by atoms with Crippen molar-refractivity contribution in [3.8, 4) is 0 Å². The molecular weight excluding hydrogens is 448 g/mol. The number of pyridine rings is 1. The van der Waals surface area contributed by atoms with Gasteiger partial charge in [-0.2, -0.15) is 0 Å². The topological polar surface area (TPSA) is 106 Å². The number of carbonyl (C=O) groups excluding carboxylic acids is 2. The van der Waals surface area contributed by atoms with Gasteiger partial charge < -0.3 is 9.47 Å². The van der Waals surface area contributed by atoms with Crippen LogP contribution < -0.4 is 15.4 Å². The maximum Gasteiger partial charge on any atom is 0.294 e. The van der Waals surface area contributed by atoms with Gasteiger partial charge in [0.05, 0.1) is 22.4 Å². The summed E-state index contributed by atoms with van der Waals surface area (Å²) in [5.74, 6) is -0.386. The van der Waals surface area contributed by atoms with Gasteiger partial charge >= 0.3 is 0 Å².